The minimum absolute atomic E-state index is 0.0925. The molecule has 3 N–H and O–H groups in total. The van der Waals surface area contributed by atoms with E-state index in [0.29, 0.717) is 13.2 Å². The summed E-state index contributed by atoms with van der Waals surface area (Å²) in [6.45, 7) is 3.11. The second kappa shape index (κ2) is 8.24. The maximum absolute atomic E-state index is 11.3. The van der Waals surface area contributed by atoms with Gasteiger partial charge in [-0.15, -0.1) is 0 Å². The van der Waals surface area contributed by atoms with Gasteiger partial charge in [-0.3, -0.25) is 0 Å². The molecule has 0 aliphatic carbocycles. The van der Waals surface area contributed by atoms with Gasteiger partial charge in [0, 0.05) is 17.8 Å². The number of benzene rings is 3. The fourth-order valence-corrected chi connectivity index (χ4v) is 3.11. The largest absolute Gasteiger partial charge is 0.489 e. The summed E-state index contributed by atoms with van der Waals surface area (Å²) >= 11 is 0. The standard InChI is InChI=1S/C21H22N2O3S/c1-16-6-8-17(9-7-16)15-26-21-5-3-2-4-18(21)14-23-19-10-12-20(13-11-19)27(22,24)25/h2-13,23H,14-15H2,1H3,(H2,22,24,25). The van der Waals surface area contributed by atoms with E-state index in [0.717, 1.165) is 22.6 Å². The molecule has 6 heteroatoms. The van der Waals surface area contributed by atoms with Gasteiger partial charge in [0.05, 0.1) is 4.90 Å². The first-order valence-electron chi connectivity index (χ1n) is 8.55. The van der Waals surface area contributed by atoms with E-state index < -0.39 is 10.0 Å². The van der Waals surface area contributed by atoms with Crippen LogP contribution in [0, 0.1) is 6.92 Å². The van der Waals surface area contributed by atoms with Gasteiger partial charge in [-0.05, 0) is 42.8 Å². The molecule has 0 spiro atoms. The average Bonchev–Trinajstić information content (AvgIpc) is 2.66. The molecule has 0 bridgehead atoms. The van der Waals surface area contributed by atoms with E-state index in [1.165, 1.54) is 17.7 Å². The molecule has 0 fully saturated rings. The number of aryl methyl sites for hydroxylation is 1. The van der Waals surface area contributed by atoms with Crippen LogP contribution in [0.4, 0.5) is 5.69 Å². The van der Waals surface area contributed by atoms with Gasteiger partial charge in [0.2, 0.25) is 10.0 Å². The van der Waals surface area contributed by atoms with E-state index in [1.807, 2.05) is 24.3 Å². The number of sulfonamides is 1. The molecule has 3 aromatic carbocycles. The Morgan fingerprint density at radius 1 is 0.926 bits per heavy atom. The van der Waals surface area contributed by atoms with Crippen molar-refractivity contribution in [3.8, 4) is 5.75 Å². The van der Waals surface area contributed by atoms with Crippen LogP contribution in [0.2, 0.25) is 0 Å². The van der Waals surface area contributed by atoms with Crippen LogP contribution < -0.4 is 15.2 Å². The van der Waals surface area contributed by atoms with Crippen LogP contribution in [-0.4, -0.2) is 8.42 Å². The third kappa shape index (κ3) is 5.32. The van der Waals surface area contributed by atoms with Gasteiger partial charge in [-0.25, -0.2) is 13.6 Å². The average molecular weight is 382 g/mol. The number of hydrogen-bond acceptors (Lipinski definition) is 4. The minimum atomic E-state index is -3.68. The van der Waals surface area contributed by atoms with Crippen molar-refractivity contribution in [2.45, 2.75) is 25.0 Å². The summed E-state index contributed by atoms with van der Waals surface area (Å²) in [5, 5.41) is 8.39. The van der Waals surface area contributed by atoms with Gasteiger partial charge in [-0.1, -0.05) is 48.0 Å². The summed E-state index contributed by atoms with van der Waals surface area (Å²) in [7, 11) is -3.68. The minimum Gasteiger partial charge on any atom is -0.489 e. The molecule has 0 atom stereocenters. The zero-order chi connectivity index (χ0) is 19.3. The number of anilines is 1. The van der Waals surface area contributed by atoms with Crippen LogP contribution >= 0.6 is 0 Å². The second-order valence-corrected chi connectivity index (χ2v) is 7.87. The first-order chi connectivity index (χ1) is 12.9. The van der Waals surface area contributed by atoms with Crippen LogP contribution in [0.3, 0.4) is 0 Å². The van der Waals surface area contributed by atoms with Crippen molar-refractivity contribution in [2.24, 2.45) is 5.14 Å². The van der Waals surface area contributed by atoms with Crippen LogP contribution in [0.5, 0.6) is 5.75 Å². The van der Waals surface area contributed by atoms with E-state index in [-0.39, 0.29) is 4.90 Å². The Kier molecular flexibility index (Phi) is 5.78. The number of hydrogen-bond donors (Lipinski definition) is 2. The van der Waals surface area contributed by atoms with Crippen LogP contribution in [-0.2, 0) is 23.2 Å². The lowest BCUT2D eigenvalue weighted by atomic mass is 10.1. The molecule has 140 valence electrons. The Morgan fingerprint density at radius 2 is 1.59 bits per heavy atom. The van der Waals surface area contributed by atoms with E-state index >= 15 is 0 Å². The topological polar surface area (TPSA) is 81.4 Å². The van der Waals surface area contributed by atoms with Crippen LogP contribution in [0.25, 0.3) is 0 Å². The first kappa shape index (κ1) is 18.9. The quantitative estimate of drug-likeness (QED) is 0.651. The van der Waals surface area contributed by atoms with Crippen molar-refractivity contribution in [3.63, 3.8) is 0 Å². The Labute approximate surface area is 159 Å². The number of primary sulfonamides is 1. The first-order valence-corrected chi connectivity index (χ1v) is 10.1. The molecular weight excluding hydrogens is 360 g/mol. The molecule has 27 heavy (non-hydrogen) atoms. The van der Waals surface area contributed by atoms with Gasteiger partial charge in [0.25, 0.3) is 0 Å². The lowest BCUT2D eigenvalue weighted by molar-refractivity contribution is 0.303. The third-order valence-electron chi connectivity index (χ3n) is 4.15. The van der Waals surface area contributed by atoms with Crippen molar-refractivity contribution in [1.29, 1.82) is 0 Å². The highest BCUT2D eigenvalue weighted by molar-refractivity contribution is 7.89. The number of para-hydroxylation sites is 1. The van der Waals surface area contributed by atoms with Crippen LogP contribution in [0.15, 0.2) is 77.7 Å². The Morgan fingerprint density at radius 3 is 2.26 bits per heavy atom. The van der Waals surface area contributed by atoms with Gasteiger partial charge in [-0.2, -0.15) is 0 Å². The Balaban J connectivity index is 1.64. The molecule has 5 nitrogen and oxygen atoms in total. The molecule has 0 saturated heterocycles. The summed E-state index contributed by atoms with van der Waals surface area (Å²) in [5.41, 5.74) is 4.15. The maximum atomic E-state index is 11.3. The Hall–Kier alpha value is -2.83. The van der Waals surface area contributed by atoms with Crippen molar-refractivity contribution in [2.75, 3.05) is 5.32 Å². The van der Waals surface area contributed by atoms with Crippen molar-refractivity contribution < 1.29 is 13.2 Å². The number of ether oxygens (including phenoxy) is 1. The highest BCUT2D eigenvalue weighted by Gasteiger charge is 2.07. The predicted octanol–water partition coefficient (Wildman–Crippen LogP) is 3.83. The molecule has 0 aliphatic heterocycles. The maximum Gasteiger partial charge on any atom is 0.238 e. The molecule has 0 heterocycles. The fraction of sp³-hybridized carbons (Fsp3) is 0.143. The van der Waals surface area contributed by atoms with Gasteiger partial charge < -0.3 is 10.1 Å². The van der Waals surface area contributed by atoms with Crippen molar-refractivity contribution in [3.05, 3.63) is 89.5 Å². The lowest BCUT2D eigenvalue weighted by Crippen LogP contribution is -2.12. The monoisotopic (exact) mass is 382 g/mol. The zero-order valence-corrected chi connectivity index (χ0v) is 15.9. The summed E-state index contributed by atoms with van der Waals surface area (Å²) in [6.07, 6.45) is 0. The summed E-state index contributed by atoms with van der Waals surface area (Å²) in [5.74, 6) is 0.812. The van der Waals surface area contributed by atoms with Gasteiger partial charge in [0.15, 0.2) is 0 Å². The Bertz CT molecular complexity index is 998. The van der Waals surface area contributed by atoms with E-state index in [4.69, 9.17) is 9.88 Å². The fourth-order valence-electron chi connectivity index (χ4n) is 2.60. The lowest BCUT2D eigenvalue weighted by Gasteiger charge is -2.13. The molecular formula is C21H22N2O3S. The summed E-state index contributed by atoms with van der Waals surface area (Å²) < 4.78 is 28.6. The number of nitrogens with two attached hydrogens (primary N) is 1. The van der Waals surface area contributed by atoms with Crippen molar-refractivity contribution >= 4 is 15.7 Å². The molecule has 0 amide bonds. The molecule has 0 aromatic heterocycles. The van der Waals surface area contributed by atoms with Gasteiger partial charge >= 0.3 is 0 Å². The summed E-state index contributed by atoms with van der Waals surface area (Å²) in [4.78, 5) is 0.0925. The normalized spacial score (nSPS) is 11.2. The number of rotatable bonds is 7. The predicted molar refractivity (Wildman–Crippen MR) is 107 cm³/mol. The molecule has 3 aromatic rings. The van der Waals surface area contributed by atoms with Crippen molar-refractivity contribution in [1.82, 2.24) is 0 Å². The molecule has 3 rings (SSSR count). The molecule has 0 saturated carbocycles. The zero-order valence-electron chi connectivity index (χ0n) is 15.1. The second-order valence-electron chi connectivity index (χ2n) is 6.30. The molecule has 0 unspecified atom stereocenters. The van der Waals surface area contributed by atoms with E-state index in [1.54, 1.807) is 12.1 Å². The number of nitrogens with one attached hydrogen (secondary N) is 1. The molecule has 0 aliphatic rings. The smallest absolute Gasteiger partial charge is 0.238 e. The highest BCUT2D eigenvalue weighted by atomic mass is 32.2. The van der Waals surface area contributed by atoms with E-state index in [2.05, 4.69) is 36.5 Å². The highest BCUT2D eigenvalue weighted by Crippen LogP contribution is 2.21. The van der Waals surface area contributed by atoms with E-state index in [9.17, 15) is 8.42 Å². The van der Waals surface area contributed by atoms with Gasteiger partial charge in [0.1, 0.15) is 12.4 Å². The van der Waals surface area contributed by atoms with Crippen LogP contribution in [0.1, 0.15) is 16.7 Å². The summed E-state index contributed by atoms with van der Waals surface area (Å²) in [6, 6.07) is 22.4. The SMILES string of the molecule is Cc1ccc(COc2ccccc2CNc2ccc(S(N)(=O)=O)cc2)cc1. The molecule has 0 radical (unpaired) electrons. The third-order valence-corrected chi connectivity index (χ3v) is 5.08.